The van der Waals surface area contributed by atoms with Gasteiger partial charge in [0.25, 0.3) is 0 Å². The molecule has 0 saturated carbocycles. The summed E-state index contributed by atoms with van der Waals surface area (Å²) >= 11 is 0. The van der Waals surface area contributed by atoms with Crippen molar-refractivity contribution in [2.24, 2.45) is 5.41 Å². The first-order valence-corrected chi connectivity index (χ1v) is 13.1. The summed E-state index contributed by atoms with van der Waals surface area (Å²) in [4.78, 5) is 12.7. The molecule has 6 nitrogen and oxygen atoms in total. The Bertz CT molecular complexity index is 1420. The lowest BCUT2D eigenvalue weighted by molar-refractivity contribution is -0.115. The van der Waals surface area contributed by atoms with Gasteiger partial charge in [-0.1, -0.05) is 38.5 Å². The van der Waals surface area contributed by atoms with Crippen molar-refractivity contribution in [1.82, 2.24) is 14.1 Å². The van der Waals surface area contributed by atoms with Crippen LogP contribution in [0.4, 0.5) is 4.39 Å². The second kappa shape index (κ2) is 8.24. The minimum Gasteiger partial charge on any atom is -0.302 e. The number of piperidine rings is 1. The predicted octanol–water partition coefficient (Wildman–Crippen LogP) is 4.53. The fourth-order valence-electron chi connectivity index (χ4n) is 4.99. The molecule has 1 aromatic heterocycles. The van der Waals surface area contributed by atoms with Crippen LogP contribution in [0.2, 0.25) is 0 Å². The van der Waals surface area contributed by atoms with E-state index < -0.39 is 15.4 Å². The summed E-state index contributed by atoms with van der Waals surface area (Å²) in [5.41, 5.74) is 3.38. The van der Waals surface area contributed by atoms with Crippen LogP contribution in [0.1, 0.15) is 44.0 Å². The maximum absolute atomic E-state index is 13.5. The number of fused-ring (bicyclic) bond motifs is 2. The van der Waals surface area contributed by atoms with Crippen LogP contribution >= 0.6 is 0 Å². The average Bonchev–Trinajstić information content (AvgIpc) is 3.24. The predicted molar refractivity (Wildman–Crippen MR) is 132 cm³/mol. The van der Waals surface area contributed by atoms with Crippen LogP contribution < -0.4 is 0 Å². The topological polar surface area (TPSA) is 72.3 Å². The fraction of sp³-hybridized carbons (Fsp3) is 0.333. The van der Waals surface area contributed by atoms with Gasteiger partial charge in [0.15, 0.2) is 0 Å². The van der Waals surface area contributed by atoms with Crippen molar-refractivity contribution in [2.45, 2.75) is 43.9 Å². The highest BCUT2D eigenvalue weighted by atomic mass is 32.2. The fourth-order valence-corrected chi connectivity index (χ4v) is 6.50. The van der Waals surface area contributed by atoms with Gasteiger partial charge in [0.05, 0.1) is 27.9 Å². The molecule has 2 aliphatic rings. The summed E-state index contributed by atoms with van der Waals surface area (Å²) in [6.07, 6.45) is 5.36. The van der Waals surface area contributed by atoms with Crippen LogP contribution in [-0.2, 0) is 26.7 Å². The van der Waals surface area contributed by atoms with Crippen molar-refractivity contribution in [3.05, 3.63) is 82.9 Å². The molecule has 1 atom stereocenters. The second-order valence-electron chi connectivity index (χ2n) is 10.4. The van der Waals surface area contributed by atoms with Crippen LogP contribution in [0.3, 0.4) is 0 Å². The normalized spacial score (nSPS) is 20.6. The van der Waals surface area contributed by atoms with Gasteiger partial charge in [-0.15, -0.1) is 0 Å². The van der Waals surface area contributed by atoms with Crippen LogP contribution in [0.5, 0.6) is 0 Å². The molecule has 5 rings (SSSR count). The van der Waals surface area contributed by atoms with Crippen LogP contribution in [0.25, 0.3) is 11.8 Å². The Balaban J connectivity index is 1.45. The number of carbonyl (C=O) groups is 1. The lowest BCUT2D eigenvalue weighted by Crippen LogP contribution is -2.50. The maximum Gasteiger partial charge on any atom is 0.243 e. The lowest BCUT2D eigenvalue weighted by Gasteiger charge is -2.42. The lowest BCUT2D eigenvalue weighted by atomic mass is 9.70. The van der Waals surface area contributed by atoms with Gasteiger partial charge < -0.3 is 4.79 Å². The SMILES string of the molecule is CC(C)(C)c1ccc(S(=O)(=O)N2CCC3=Cc4c(cnn4-c4ccc(F)cc4)C[C@]3(C=O)C2)cc1. The molecule has 0 amide bonds. The van der Waals surface area contributed by atoms with E-state index in [1.807, 2.05) is 18.2 Å². The van der Waals surface area contributed by atoms with E-state index in [-0.39, 0.29) is 22.7 Å². The smallest absolute Gasteiger partial charge is 0.243 e. The third kappa shape index (κ3) is 4.04. The van der Waals surface area contributed by atoms with Crippen molar-refractivity contribution in [3.8, 4) is 5.69 Å². The Labute approximate surface area is 205 Å². The molecule has 0 bridgehead atoms. The number of rotatable bonds is 4. The van der Waals surface area contributed by atoms with Crippen LogP contribution in [-0.4, -0.2) is 41.9 Å². The Morgan fingerprint density at radius 1 is 1.06 bits per heavy atom. The highest BCUT2D eigenvalue weighted by Gasteiger charge is 2.46. The Morgan fingerprint density at radius 2 is 1.74 bits per heavy atom. The number of hydrogen-bond donors (Lipinski definition) is 0. The second-order valence-corrected chi connectivity index (χ2v) is 12.4. The number of sulfonamides is 1. The van der Waals surface area contributed by atoms with Crippen molar-refractivity contribution >= 4 is 22.4 Å². The van der Waals surface area contributed by atoms with Gasteiger partial charge in [-0.2, -0.15) is 9.40 Å². The minimum absolute atomic E-state index is 0.0765. The summed E-state index contributed by atoms with van der Waals surface area (Å²) < 4.78 is 43.5. The summed E-state index contributed by atoms with van der Waals surface area (Å²) in [5.74, 6) is -0.324. The highest BCUT2D eigenvalue weighted by molar-refractivity contribution is 7.89. The number of aromatic nitrogens is 2. The summed E-state index contributed by atoms with van der Waals surface area (Å²) in [6, 6.07) is 13.1. The third-order valence-corrected chi connectivity index (χ3v) is 8.95. The number of benzene rings is 2. The van der Waals surface area contributed by atoms with Gasteiger partial charge in [-0.25, -0.2) is 17.5 Å². The number of nitrogens with zero attached hydrogens (tertiary/aromatic N) is 3. The Kier molecular flexibility index (Phi) is 5.56. The van der Waals surface area contributed by atoms with E-state index in [4.69, 9.17) is 0 Å². The van der Waals surface area contributed by atoms with Crippen molar-refractivity contribution in [2.75, 3.05) is 13.1 Å². The summed E-state index contributed by atoms with van der Waals surface area (Å²) in [6.45, 7) is 6.63. The number of aldehydes is 1. The molecule has 35 heavy (non-hydrogen) atoms. The zero-order valence-electron chi connectivity index (χ0n) is 20.0. The average molecular weight is 494 g/mol. The molecule has 182 valence electrons. The summed E-state index contributed by atoms with van der Waals surface area (Å²) in [5, 5.41) is 4.47. The van der Waals surface area contributed by atoms with Gasteiger partial charge in [0, 0.05) is 13.1 Å². The quantitative estimate of drug-likeness (QED) is 0.501. The highest BCUT2D eigenvalue weighted by Crippen LogP contribution is 2.44. The first kappa shape index (κ1) is 23.6. The largest absolute Gasteiger partial charge is 0.302 e. The monoisotopic (exact) mass is 493 g/mol. The van der Waals surface area contributed by atoms with Gasteiger partial charge in [-0.3, -0.25) is 0 Å². The molecule has 8 heteroatoms. The van der Waals surface area contributed by atoms with Crippen LogP contribution in [0.15, 0.2) is 65.2 Å². The van der Waals surface area contributed by atoms with Crippen LogP contribution in [0, 0.1) is 11.2 Å². The van der Waals surface area contributed by atoms with Crippen molar-refractivity contribution in [1.29, 1.82) is 0 Å². The standard InChI is InChI=1S/C27H28FN3O3S/c1-26(2,3)20-4-10-24(11-5-20)35(33,34)30-13-12-21-14-25-19(15-27(21,17-30)18-32)16-29-31(25)23-8-6-22(28)7-9-23/h4-11,14,16,18H,12-13,15,17H2,1-3H3/t27-/m1/s1. The van der Waals surface area contributed by atoms with E-state index in [9.17, 15) is 17.6 Å². The maximum atomic E-state index is 13.5. The van der Waals surface area contributed by atoms with E-state index in [0.717, 1.165) is 34.4 Å². The molecule has 1 aliphatic carbocycles. The van der Waals surface area contributed by atoms with E-state index in [1.54, 1.807) is 35.1 Å². The van der Waals surface area contributed by atoms with E-state index in [1.165, 1.54) is 16.4 Å². The van der Waals surface area contributed by atoms with Gasteiger partial charge in [-0.05, 0) is 71.9 Å². The molecule has 3 aromatic rings. The van der Waals surface area contributed by atoms with Crippen molar-refractivity contribution < 1.29 is 17.6 Å². The first-order valence-electron chi connectivity index (χ1n) is 11.6. The first-order chi connectivity index (χ1) is 16.5. The molecule has 0 radical (unpaired) electrons. The van der Waals surface area contributed by atoms with E-state index in [2.05, 4.69) is 25.9 Å². The zero-order chi connectivity index (χ0) is 25.0. The summed E-state index contributed by atoms with van der Waals surface area (Å²) in [7, 11) is -3.75. The Morgan fingerprint density at radius 3 is 2.37 bits per heavy atom. The molecule has 2 aromatic carbocycles. The third-order valence-electron chi connectivity index (χ3n) is 7.09. The molecular formula is C27H28FN3O3S. The van der Waals surface area contributed by atoms with Gasteiger partial charge >= 0.3 is 0 Å². The molecule has 1 saturated heterocycles. The number of halogens is 1. The molecule has 2 heterocycles. The molecule has 0 N–H and O–H groups in total. The molecular weight excluding hydrogens is 465 g/mol. The molecule has 0 unspecified atom stereocenters. The van der Waals surface area contributed by atoms with E-state index >= 15 is 0 Å². The molecule has 0 spiro atoms. The minimum atomic E-state index is -3.75. The zero-order valence-corrected chi connectivity index (χ0v) is 20.8. The van der Waals surface area contributed by atoms with E-state index in [0.29, 0.717) is 19.4 Å². The molecule has 1 aliphatic heterocycles. The Hall–Kier alpha value is -3.10. The van der Waals surface area contributed by atoms with Gasteiger partial charge in [0.2, 0.25) is 10.0 Å². The number of hydrogen-bond acceptors (Lipinski definition) is 4. The molecule has 1 fully saturated rings. The van der Waals surface area contributed by atoms with Gasteiger partial charge in [0.1, 0.15) is 12.1 Å². The number of carbonyl (C=O) groups excluding carboxylic acids is 1. The van der Waals surface area contributed by atoms with Crippen molar-refractivity contribution in [3.63, 3.8) is 0 Å².